The van der Waals surface area contributed by atoms with Gasteiger partial charge in [0, 0.05) is 6.20 Å². The molecule has 0 fully saturated rings. The molecule has 7 heteroatoms. The van der Waals surface area contributed by atoms with Crippen molar-refractivity contribution in [3.05, 3.63) is 52.6 Å². The molecular weight excluding hydrogens is 272 g/mol. The Morgan fingerprint density at radius 2 is 2.00 bits per heavy atom. The van der Waals surface area contributed by atoms with E-state index < -0.39 is 17.7 Å². The van der Waals surface area contributed by atoms with Crippen LogP contribution < -0.4 is 17.2 Å². The second-order valence-corrected chi connectivity index (χ2v) is 4.51. The lowest BCUT2D eigenvalue weighted by atomic mass is 10.1. The van der Waals surface area contributed by atoms with Gasteiger partial charge in [-0.15, -0.1) is 0 Å². The van der Waals surface area contributed by atoms with Crippen LogP contribution in [0, 0.1) is 0 Å². The maximum Gasteiger partial charge on any atom is 0.354 e. The molecule has 0 saturated heterocycles. The molecule has 2 aromatic rings. The Labute approximate surface area is 121 Å². The molecule has 0 bridgehead atoms. The molecule has 0 aliphatic heterocycles. The van der Waals surface area contributed by atoms with Gasteiger partial charge in [0.05, 0.1) is 12.8 Å². The van der Waals surface area contributed by atoms with E-state index in [0.717, 1.165) is 5.56 Å². The molecule has 7 nitrogen and oxygen atoms in total. The number of ether oxygens (including phenoxy) is 1. The Balaban J connectivity index is 2.19. The second kappa shape index (κ2) is 6.19. The number of methoxy groups -OCH3 is 1. The van der Waals surface area contributed by atoms with Crippen molar-refractivity contribution in [2.24, 2.45) is 5.73 Å². The molecule has 0 spiro atoms. The molecular formula is C14H16N4O3. The van der Waals surface area contributed by atoms with Gasteiger partial charge in [0.15, 0.2) is 0 Å². The van der Waals surface area contributed by atoms with Crippen molar-refractivity contribution in [3.8, 4) is 5.69 Å². The minimum Gasteiger partial charge on any atom is -0.468 e. The Morgan fingerprint density at radius 1 is 1.33 bits per heavy atom. The van der Waals surface area contributed by atoms with Crippen molar-refractivity contribution in [1.82, 2.24) is 9.55 Å². The number of hydrogen-bond acceptors (Lipinski definition) is 6. The van der Waals surface area contributed by atoms with E-state index >= 15 is 0 Å². The molecule has 1 unspecified atom stereocenters. The monoisotopic (exact) mass is 288 g/mol. The highest BCUT2D eigenvalue weighted by Gasteiger charge is 2.14. The number of carbonyl (C=O) groups is 1. The molecule has 0 aliphatic carbocycles. The maximum absolute atomic E-state index is 11.7. The van der Waals surface area contributed by atoms with Gasteiger partial charge in [-0.3, -0.25) is 9.36 Å². The summed E-state index contributed by atoms with van der Waals surface area (Å²) in [6, 6.07) is 7.92. The van der Waals surface area contributed by atoms with Gasteiger partial charge in [-0.05, 0) is 30.2 Å². The molecule has 0 saturated carbocycles. The smallest absolute Gasteiger partial charge is 0.354 e. The van der Waals surface area contributed by atoms with Crippen molar-refractivity contribution in [2.45, 2.75) is 12.5 Å². The standard InChI is InChI=1S/C14H16N4O3/c1-21-13(19)11(15)8-9-2-4-10(5-3-9)18-7-6-12(16)17-14(18)20/h2-7,11H,8,15H2,1H3,(H2,16,17,20). The molecule has 1 aromatic heterocycles. The summed E-state index contributed by atoms with van der Waals surface area (Å²) in [6.45, 7) is 0. The van der Waals surface area contributed by atoms with E-state index in [4.69, 9.17) is 11.5 Å². The number of rotatable bonds is 4. The zero-order valence-corrected chi connectivity index (χ0v) is 11.5. The number of nitrogens with two attached hydrogens (primary N) is 2. The number of esters is 1. The molecule has 0 aliphatic rings. The fourth-order valence-electron chi connectivity index (χ4n) is 1.89. The fraction of sp³-hybridized carbons (Fsp3) is 0.214. The van der Waals surface area contributed by atoms with Crippen LogP contribution in [0.3, 0.4) is 0 Å². The summed E-state index contributed by atoms with van der Waals surface area (Å²) in [6.07, 6.45) is 1.92. The first-order valence-electron chi connectivity index (χ1n) is 6.29. The summed E-state index contributed by atoms with van der Waals surface area (Å²) in [5, 5.41) is 0. The summed E-state index contributed by atoms with van der Waals surface area (Å²) < 4.78 is 5.95. The van der Waals surface area contributed by atoms with Crippen molar-refractivity contribution >= 4 is 11.8 Å². The van der Waals surface area contributed by atoms with Crippen LogP contribution in [0.2, 0.25) is 0 Å². The minimum atomic E-state index is -0.707. The Bertz CT molecular complexity index is 694. The molecule has 21 heavy (non-hydrogen) atoms. The summed E-state index contributed by atoms with van der Waals surface area (Å²) in [5.41, 5.74) is 12.2. The first kappa shape index (κ1) is 14.7. The number of nitrogens with zero attached hydrogens (tertiary/aromatic N) is 2. The van der Waals surface area contributed by atoms with Gasteiger partial charge in [-0.2, -0.15) is 4.98 Å². The third kappa shape index (κ3) is 3.46. The molecule has 1 aromatic carbocycles. The number of hydrogen-bond donors (Lipinski definition) is 2. The highest BCUT2D eigenvalue weighted by molar-refractivity contribution is 5.75. The fourth-order valence-corrected chi connectivity index (χ4v) is 1.89. The van der Waals surface area contributed by atoms with Crippen LogP contribution >= 0.6 is 0 Å². The quantitative estimate of drug-likeness (QED) is 0.757. The molecule has 1 heterocycles. The predicted octanol–water partition coefficient (Wildman–Crippen LogP) is -0.143. The lowest BCUT2D eigenvalue weighted by Gasteiger charge is -2.10. The van der Waals surface area contributed by atoms with E-state index in [1.807, 2.05) is 0 Å². The van der Waals surface area contributed by atoms with Crippen molar-refractivity contribution in [3.63, 3.8) is 0 Å². The summed E-state index contributed by atoms with van der Waals surface area (Å²) in [7, 11) is 1.30. The lowest BCUT2D eigenvalue weighted by Crippen LogP contribution is -2.33. The third-order valence-electron chi connectivity index (χ3n) is 3.00. The van der Waals surface area contributed by atoms with Crippen LogP contribution in [-0.2, 0) is 16.0 Å². The molecule has 2 rings (SSSR count). The average Bonchev–Trinajstić information content (AvgIpc) is 2.47. The number of carbonyl (C=O) groups excluding carboxylic acids is 1. The van der Waals surface area contributed by atoms with Gasteiger partial charge in [-0.1, -0.05) is 12.1 Å². The van der Waals surface area contributed by atoms with Gasteiger partial charge < -0.3 is 16.2 Å². The van der Waals surface area contributed by atoms with E-state index in [0.29, 0.717) is 12.1 Å². The minimum absolute atomic E-state index is 0.178. The SMILES string of the molecule is COC(=O)C(N)Cc1ccc(-n2ccc(N)nc2=O)cc1. The average molecular weight is 288 g/mol. The van der Waals surface area contributed by atoms with Crippen LogP contribution in [0.4, 0.5) is 5.82 Å². The third-order valence-corrected chi connectivity index (χ3v) is 3.00. The normalized spacial score (nSPS) is 11.9. The van der Waals surface area contributed by atoms with Crippen LogP contribution in [0.5, 0.6) is 0 Å². The second-order valence-electron chi connectivity index (χ2n) is 4.51. The van der Waals surface area contributed by atoms with Gasteiger partial charge >= 0.3 is 11.7 Å². The van der Waals surface area contributed by atoms with Crippen molar-refractivity contribution in [1.29, 1.82) is 0 Å². The van der Waals surface area contributed by atoms with Crippen LogP contribution in [0.1, 0.15) is 5.56 Å². The predicted molar refractivity (Wildman–Crippen MR) is 77.9 cm³/mol. The highest BCUT2D eigenvalue weighted by atomic mass is 16.5. The zero-order chi connectivity index (χ0) is 15.4. The number of benzene rings is 1. The van der Waals surface area contributed by atoms with Crippen LogP contribution in [0.25, 0.3) is 5.69 Å². The molecule has 110 valence electrons. The largest absolute Gasteiger partial charge is 0.468 e. The van der Waals surface area contributed by atoms with Gasteiger partial charge in [0.25, 0.3) is 0 Å². The van der Waals surface area contributed by atoms with Gasteiger partial charge in [0.2, 0.25) is 0 Å². The van der Waals surface area contributed by atoms with Gasteiger partial charge in [0.1, 0.15) is 11.9 Å². The summed E-state index contributed by atoms with van der Waals surface area (Å²) >= 11 is 0. The van der Waals surface area contributed by atoms with Crippen molar-refractivity contribution < 1.29 is 9.53 Å². The van der Waals surface area contributed by atoms with Crippen molar-refractivity contribution in [2.75, 3.05) is 12.8 Å². The lowest BCUT2D eigenvalue weighted by molar-refractivity contribution is -0.142. The molecule has 1 atom stereocenters. The highest BCUT2D eigenvalue weighted by Crippen LogP contribution is 2.10. The molecule has 0 amide bonds. The van der Waals surface area contributed by atoms with E-state index in [2.05, 4.69) is 9.72 Å². The van der Waals surface area contributed by atoms with Crippen LogP contribution in [0.15, 0.2) is 41.3 Å². The summed E-state index contributed by atoms with van der Waals surface area (Å²) in [4.78, 5) is 26.6. The van der Waals surface area contributed by atoms with E-state index in [-0.39, 0.29) is 5.82 Å². The number of nitrogen functional groups attached to an aromatic ring is 1. The summed E-state index contributed by atoms with van der Waals surface area (Å²) in [5.74, 6) is -0.282. The zero-order valence-electron chi connectivity index (χ0n) is 11.5. The first-order valence-corrected chi connectivity index (χ1v) is 6.29. The Hall–Kier alpha value is -2.67. The number of anilines is 1. The molecule has 0 radical (unpaired) electrons. The Morgan fingerprint density at radius 3 is 2.57 bits per heavy atom. The maximum atomic E-state index is 11.7. The van der Waals surface area contributed by atoms with E-state index in [1.165, 1.54) is 11.7 Å². The first-order chi connectivity index (χ1) is 10.0. The van der Waals surface area contributed by atoms with E-state index in [1.54, 1.807) is 36.5 Å². The van der Waals surface area contributed by atoms with Gasteiger partial charge in [-0.25, -0.2) is 4.79 Å². The van der Waals surface area contributed by atoms with Crippen LogP contribution in [-0.4, -0.2) is 28.7 Å². The molecule has 4 N–H and O–H groups in total. The topological polar surface area (TPSA) is 113 Å². The number of aromatic nitrogens is 2. The Kier molecular flexibility index (Phi) is 4.34. The van der Waals surface area contributed by atoms with E-state index in [9.17, 15) is 9.59 Å².